The minimum absolute atomic E-state index is 0.0205. The summed E-state index contributed by atoms with van der Waals surface area (Å²) in [6, 6.07) is 2.80. The van der Waals surface area contributed by atoms with Crippen LogP contribution in [0.2, 0.25) is 0 Å². The second-order valence-corrected chi connectivity index (χ2v) is 3.66. The normalized spacial score (nSPS) is 10.2. The number of aromatic nitrogens is 1. The molecule has 0 aliphatic carbocycles. The van der Waals surface area contributed by atoms with Gasteiger partial charge in [0.1, 0.15) is 16.4 Å². The molecule has 1 N–H and O–H groups in total. The van der Waals surface area contributed by atoms with Crippen LogP contribution in [0.5, 0.6) is 0 Å². The van der Waals surface area contributed by atoms with E-state index in [0.29, 0.717) is 0 Å². The Morgan fingerprint density at radius 2 is 2.31 bits per heavy atom. The molecule has 4 nitrogen and oxygen atoms in total. The summed E-state index contributed by atoms with van der Waals surface area (Å²) in [5, 5.41) is 17.3. The second-order valence-electron chi connectivity index (χ2n) is 2.85. The van der Waals surface area contributed by atoms with Gasteiger partial charge in [0.2, 0.25) is 0 Å². The van der Waals surface area contributed by atoms with Crippen LogP contribution in [-0.4, -0.2) is 16.1 Å². The zero-order valence-corrected chi connectivity index (χ0v) is 9.33. The van der Waals surface area contributed by atoms with Crippen LogP contribution in [0.15, 0.2) is 10.7 Å². The van der Waals surface area contributed by atoms with Gasteiger partial charge in [-0.1, -0.05) is 0 Å². The first-order valence-corrected chi connectivity index (χ1v) is 4.84. The number of carboxylic acid groups (broad SMARTS) is 1. The Morgan fingerprint density at radius 1 is 1.69 bits per heavy atom. The highest BCUT2D eigenvalue weighted by Gasteiger charge is 2.20. The zero-order valence-electron chi connectivity index (χ0n) is 7.75. The number of pyridine rings is 1. The highest BCUT2D eigenvalue weighted by molar-refractivity contribution is 9.10. The number of hydrogen-bond acceptors (Lipinski definition) is 3. The van der Waals surface area contributed by atoms with Crippen LogP contribution in [0.25, 0.3) is 0 Å². The third kappa shape index (κ3) is 2.73. The largest absolute Gasteiger partial charge is 0.481 e. The van der Waals surface area contributed by atoms with Crippen molar-refractivity contribution in [1.82, 2.24) is 4.98 Å². The average Bonchev–Trinajstić information content (AvgIpc) is 2.15. The quantitative estimate of drug-likeness (QED) is 0.867. The third-order valence-electron chi connectivity index (χ3n) is 1.76. The first-order chi connectivity index (χ1) is 7.45. The summed E-state index contributed by atoms with van der Waals surface area (Å²) in [5.41, 5.74) is -1.05. The summed E-state index contributed by atoms with van der Waals surface area (Å²) in [7, 11) is 0. The molecule has 0 saturated heterocycles. The predicted molar refractivity (Wildman–Crippen MR) is 52.9 cm³/mol. The van der Waals surface area contributed by atoms with Crippen molar-refractivity contribution < 1.29 is 18.7 Å². The van der Waals surface area contributed by atoms with Crippen LogP contribution >= 0.6 is 15.9 Å². The first-order valence-electron chi connectivity index (χ1n) is 4.05. The van der Waals surface area contributed by atoms with Gasteiger partial charge in [-0.3, -0.25) is 4.79 Å². The average molecular weight is 291 g/mol. The van der Waals surface area contributed by atoms with Crippen LogP contribution in [0.3, 0.4) is 0 Å². The van der Waals surface area contributed by atoms with E-state index in [4.69, 9.17) is 10.4 Å². The van der Waals surface area contributed by atoms with Crippen molar-refractivity contribution in [2.75, 3.05) is 0 Å². The van der Waals surface area contributed by atoms with E-state index in [0.717, 1.165) is 0 Å². The number of hydrogen-bond donors (Lipinski definition) is 1. The molecule has 1 heterocycles. The lowest BCUT2D eigenvalue weighted by atomic mass is 10.1. The van der Waals surface area contributed by atoms with Gasteiger partial charge < -0.3 is 5.11 Å². The van der Waals surface area contributed by atoms with Crippen LogP contribution in [-0.2, 0) is 11.2 Å². The molecule has 0 amide bonds. The lowest BCUT2D eigenvalue weighted by molar-refractivity contribution is -0.136. The molecule has 0 aliphatic heterocycles. The number of nitriles is 1. The van der Waals surface area contributed by atoms with Gasteiger partial charge in [0.15, 0.2) is 0 Å². The molecule has 1 aromatic heterocycles. The summed E-state index contributed by atoms with van der Waals surface area (Å²) in [4.78, 5) is 14.0. The molecule has 1 rings (SSSR count). The molecule has 0 saturated carbocycles. The van der Waals surface area contributed by atoms with Crippen LogP contribution in [0.1, 0.15) is 23.2 Å². The van der Waals surface area contributed by atoms with E-state index in [1.54, 1.807) is 6.07 Å². The monoisotopic (exact) mass is 290 g/mol. The molecular formula is C9H5BrF2N2O2. The van der Waals surface area contributed by atoms with Crippen molar-refractivity contribution in [3.63, 3.8) is 0 Å². The van der Waals surface area contributed by atoms with Crippen molar-refractivity contribution in [1.29, 1.82) is 5.26 Å². The standard InChI is InChI=1S/C9H5BrF2N2O2/c10-6-1-4(2-7(15)16)5(3-13)8(14-6)9(11)12/h1,9H,2H2,(H,15,16). The molecule has 16 heavy (non-hydrogen) atoms. The van der Waals surface area contributed by atoms with Gasteiger partial charge in [-0.2, -0.15) is 5.26 Å². The molecule has 0 aromatic carbocycles. The Morgan fingerprint density at radius 3 is 2.75 bits per heavy atom. The molecule has 1 aromatic rings. The van der Waals surface area contributed by atoms with E-state index >= 15 is 0 Å². The highest BCUT2D eigenvalue weighted by Crippen LogP contribution is 2.26. The van der Waals surface area contributed by atoms with Crippen molar-refractivity contribution in [3.05, 3.63) is 27.5 Å². The van der Waals surface area contributed by atoms with Crippen molar-refractivity contribution >= 4 is 21.9 Å². The fraction of sp³-hybridized carbons (Fsp3) is 0.222. The SMILES string of the molecule is N#Cc1c(CC(=O)O)cc(Br)nc1C(F)F. The Bertz CT molecular complexity index is 471. The lowest BCUT2D eigenvalue weighted by Crippen LogP contribution is -2.07. The summed E-state index contributed by atoms with van der Waals surface area (Å²) in [6.07, 6.45) is -3.41. The van der Waals surface area contributed by atoms with Gasteiger partial charge in [-0.05, 0) is 27.6 Å². The summed E-state index contributed by atoms with van der Waals surface area (Å²) < 4.78 is 25.1. The second kappa shape index (κ2) is 4.99. The Balaban J connectivity index is 3.37. The molecule has 7 heteroatoms. The van der Waals surface area contributed by atoms with Crippen molar-refractivity contribution in [2.24, 2.45) is 0 Å². The van der Waals surface area contributed by atoms with E-state index in [1.807, 2.05) is 0 Å². The summed E-state index contributed by atoms with van der Waals surface area (Å²) in [6.45, 7) is 0. The number of halogens is 3. The maximum Gasteiger partial charge on any atom is 0.307 e. The number of aliphatic carboxylic acids is 1. The number of nitrogens with zero attached hydrogens (tertiary/aromatic N) is 2. The Hall–Kier alpha value is -1.55. The minimum atomic E-state index is -2.92. The first kappa shape index (κ1) is 12.5. The molecule has 0 bridgehead atoms. The number of carboxylic acids is 1. The molecule has 0 spiro atoms. The molecule has 84 valence electrons. The Kier molecular flexibility index (Phi) is 3.90. The van der Waals surface area contributed by atoms with E-state index in [2.05, 4.69) is 20.9 Å². The summed E-state index contributed by atoms with van der Waals surface area (Å²) in [5.74, 6) is -1.20. The summed E-state index contributed by atoms with van der Waals surface area (Å²) >= 11 is 2.89. The maximum atomic E-state index is 12.5. The predicted octanol–water partition coefficient (Wildman–Crippen LogP) is 2.28. The van der Waals surface area contributed by atoms with Crippen molar-refractivity contribution in [2.45, 2.75) is 12.8 Å². The fourth-order valence-electron chi connectivity index (χ4n) is 1.17. The number of rotatable bonds is 3. The van der Waals surface area contributed by atoms with Gasteiger partial charge in [0, 0.05) is 0 Å². The van der Waals surface area contributed by atoms with Crippen LogP contribution in [0.4, 0.5) is 8.78 Å². The number of carbonyl (C=O) groups is 1. The van der Waals surface area contributed by atoms with Gasteiger partial charge >= 0.3 is 5.97 Å². The molecule has 0 atom stereocenters. The molecule has 0 fully saturated rings. The van der Waals surface area contributed by atoms with Gasteiger partial charge in [0.25, 0.3) is 6.43 Å². The molecule has 0 unspecified atom stereocenters. The molecular weight excluding hydrogens is 286 g/mol. The maximum absolute atomic E-state index is 12.5. The van der Waals surface area contributed by atoms with Crippen LogP contribution < -0.4 is 0 Å². The molecule has 0 aliphatic rings. The van der Waals surface area contributed by atoms with Crippen molar-refractivity contribution in [3.8, 4) is 6.07 Å². The smallest absolute Gasteiger partial charge is 0.307 e. The fourth-order valence-corrected chi connectivity index (χ4v) is 1.64. The van der Waals surface area contributed by atoms with E-state index < -0.39 is 24.5 Å². The molecule has 0 radical (unpaired) electrons. The topological polar surface area (TPSA) is 74.0 Å². The van der Waals surface area contributed by atoms with Gasteiger partial charge in [0.05, 0.1) is 12.0 Å². The van der Waals surface area contributed by atoms with Gasteiger partial charge in [-0.25, -0.2) is 13.8 Å². The number of alkyl halides is 2. The van der Waals surface area contributed by atoms with E-state index in [-0.39, 0.29) is 15.7 Å². The zero-order chi connectivity index (χ0) is 12.3. The van der Waals surface area contributed by atoms with E-state index in [9.17, 15) is 13.6 Å². The third-order valence-corrected chi connectivity index (χ3v) is 2.16. The minimum Gasteiger partial charge on any atom is -0.481 e. The Labute approximate surface area is 97.7 Å². The highest BCUT2D eigenvalue weighted by atomic mass is 79.9. The lowest BCUT2D eigenvalue weighted by Gasteiger charge is -2.07. The van der Waals surface area contributed by atoms with Gasteiger partial charge in [-0.15, -0.1) is 0 Å². The van der Waals surface area contributed by atoms with Crippen LogP contribution in [0, 0.1) is 11.3 Å². The van der Waals surface area contributed by atoms with E-state index in [1.165, 1.54) is 6.07 Å².